The molecule has 12 heteroatoms. The van der Waals surface area contributed by atoms with Crippen LogP contribution in [0.5, 0.6) is 0 Å². The van der Waals surface area contributed by atoms with Gasteiger partial charge in [-0.3, -0.25) is 0 Å². The Morgan fingerprint density at radius 3 is 2.31 bits per heavy atom. The molecule has 0 saturated carbocycles. The fraction of sp³-hybridized carbons (Fsp3) is 0.488. The number of ether oxygens (including phenoxy) is 3. The molecule has 6 N–H and O–H groups in total. The lowest BCUT2D eigenvalue weighted by Gasteiger charge is -2.39. The van der Waals surface area contributed by atoms with Crippen molar-refractivity contribution in [1.82, 2.24) is 24.8 Å². The van der Waals surface area contributed by atoms with Crippen molar-refractivity contribution in [3.8, 4) is 0 Å². The van der Waals surface area contributed by atoms with Crippen LogP contribution in [0.3, 0.4) is 0 Å². The van der Waals surface area contributed by atoms with Crippen LogP contribution in [0.1, 0.15) is 84.2 Å². The van der Waals surface area contributed by atoms with Gasteiger partial charge in [0.1, 0.15) is 24.4 Å². The van der Waals surface area contributed by atoms with E-state index in [9.17, 15) is 20.4 Å². The van der Waals surface area contributed by atoms with Crippen molar-refractivity contribution in [1.29, 1.82) is 0 Å². The number of aromatic amines is 2. The Morgan fingerprint density at radius 1 is 0.855 bits per heavy atom. The van der Waals surface area contributed by atoms with Gasteiger partial charge in [-0.1, -0.05) is 19.6 Å². The monoisotopic (exact) mass is 755 g/mol. The maximum Gasteiger partial charge on any atom is 0.186 e. The molecule has 3 aromatic rings. The zero-order valence-corrected chi connectivity index (χ0v) is 33.2. The summed E-state index contributed by atoms with van der Waals surface area (Å²) in [5.74, 6) is 0. The number of aromatic nitrogens is 4. The molecule has 0 unspecified atom stereocenters. The van der Waals surface area contributed by atoms with E-state index in [-0.39, 0.29) is 13.2 Å². The lowest BCUT2D eigenvalue weighted by Crippen LogP contribution is -2.59. The van der Waals surface area contributed by atoms with Crippen LogP contribution in [-0.2, 0) is 20.6 Å². The Labute approximate surface area is 323 Å². The summed E-state index contributed by atoms with van der Waals surface area (Å²) >= 11 is 0. The van der Waals surface area contributed by atoms with E-state index in [0.29, 0.717) is 13.2 Å². The molecule has 0 aliphatic carbocycles. The van der Waals surface area contributed by atoms with Crippen molar-refractivity contribution in [3.05, 3.63) is 75.4 Å². The van der Waals surface area contributed by atoms with Gasteiger partial charge >= 0.3 is 0 Å². The van der Waals surface area contributed by atoms with Crippen molar-refractivity contribution in [2.75, 3.05) is 46.6 Å². The average Bonchev–Trinajstić information content (AvgIpc) is 3.87. The van der Waals surface area contributed by atoms with Crippen molar-refractivity contribution < 1.29 is 34.6 Å². The summed E-state index contributed by atoms with van der Waals surface area (Å²) in [6.45, 7) is 19.0. The van der Waals surface area contributed by atoms with Crippen molar-refractivity contribution >= 4 is 50.9 Å². The number of aliphatic hydroxyl groups is 4. The molecule has 0 radical (unpaired) electrons. The third-order valence-electron chi connectivity index (χ3n) is 11.3. The first-order valence-corrected chi connectivity index (χ1v) is 19.3. The van der Waals surface area contributed by atoms with Gasteiger partial charge in [-0.25, -0.2) is 9.97 Å². The minimum atomic E-state index is -1.47. The van der Waals surface area contributed by atoms with E-state index in [1.807, 2.05) is 6.08 Å². The number of aliphatic hydroxyl groups excluding tert-OH is 4. The highest BCUT2D eigenvalue weighted by Crippen LogP contribution is 2.37. The van der Waals surface area contributed by atoms with E-state index in [0.717, 1.165) is 98.5 Å². The maximum atomic E-state index is 10.2. The fourth-order valence-electron chi connectivity index (χ4n) is 7.73. The minimum Gasteiger partial charge on any atom is -0.394 e. The van der Waals surface area contributed by atoms with Crippen molar-refractivity contribution in [3.63, 3.8) is 0 Å². The van der Waals surface area contributed by atoms with E-state index in [1.54, 1.807) is 0 Å². The largest absolute Gasteiger partial charge is 0.394 e. The normalized spacial score (nSPS) is 21.5. The molecular formula is C43H57N5O7. The summed E-state index contributed by atoms with van der Waals surface area (Å²) < 4.78 is 16.7. The van der Waals surface area contributed by atoms with E-state index in [4.69, 9.17) is 24.2 Å². The number of nitrogens with one attached hydrogen (secondary N) is 2. The Balaban J connectivity index is 1.19. The second-order valence-corrected chi connectivity index (χ2v) is 14.9. The van der Waals surface area contributed by atoms with E-state index in [1.165, 1.54) is 16.7 Å². The highest BCUT2D eigenvalue weighted by atomic mass is 16.7. The van der Waals surface area contributed by atoms with Gasteiger partial charge in [0.25, 0.3) is 0 Å². The SMILES string of the molecule is C=Cc1c(C)c2cc3nc(c(C)c4nc(cc5[nH]c(cc1[nH]2)c(C)c5CC)C(C)=C4)C(CCCN(C)CCOCCO[C@@H]1O[C@H](CO)[C@@H](O)[C@H](O)[C@H]1O)=C3C. The van der Waals surface area contributed by atoms with E-state index >= 15 is 0 Å². The number of allylic oxidation sites excluding steroid dienone is 3. The number of H-pyrrole nitrogens is 2. The van der Waals surface area contributed by atoms with Crippen LogP contribution in [0, 0.1) is 20.8 Å². The molecule has 3 aliphatic rings. The third kappa shape index (κ3) is 8.42. The van der Waals surface area contributed by atoms with Gasteiger partial charge in [-0.15, -0.1) is 0 Å². The highest BCUT2D eigenvalue weighted by molar-refractivity contribution is 5.94. The molecule has 296 valence electrons. The zero-order valence-electron chi connectivity index (χ0n) is 33.2. The molecule has 6 heterocycles. The van der Waals surface area contributed by atoms with Crippen LogP contribution in [-0.4, -0.2) is 123 Å². The number of hydrogen-bond donors (Lipinski definition) is 6. The summed E-state index contributed by atoms with van der Waals surface area (Å²) in [5.41, 5.74) is 17.3. The molecule has 0 amide bonds. The molecule has 8 bridgehead atoms. The first-order chi connectivity index (χ1) is 26.4. The predicted molar refractivity (Wildman–Crippen MR) is 218 cm³/mol. The average molecular weight is 756 g/mol. The molecule has 12 nitrogen and oxygen atoms in total. The lowest BCUT2D eigenvalue weighted by atomic mass is 9.98. The molecule has 3 aliphatic heterocycles. The number of nitrogens with zero attached hydrogens (tertiary/aromatic N) is 3. The van der Waals surface area contributed by atoms with E-state index in [2.05, 4.69) is 94.3 Å². The zero-order chi connectivity index (χ0) is 39.6. The van der Waals surface area contributed by atoms with Crippen molar-refractivity contribution in [2.45, 2.75) is 91.5 Å². The summed E-state index contributed by atoms with van der Waals surface area (Å²) in [6.07, 6.45) is 0.285. The number of aryl methyl sites for hydroxylation is 3. The fourth-order valence-corrected chi connectivity index (χ4v) is 7.73. The Morgan fingerprint density at radius 2 is 1.58 bits per heavy atom. The van der Waals surface area contributed by atoms with E-state index < -0.39 is 37.3 Å². The molecule has 6 rings (SSSR count). The van der Waals surface area contributed by atoms with Crippen LogP contribution in [0.25, 0.3) is 50.9 Å². The number of hydrogen-bond acceptors (Lipinski definition) is 10. The van der Waals surface area contributed by atoms with Crippen molar-refractivity contribution in [2.24, 2.45) is 0 Å². The predicted octanol–water partition coefficient (Wildman–Crippen LogP) is 5.48. The van der Waals surface area contributed by atoms with Crippen LogP contribution < -0.4 is 0 Å². The summed E-state index contributed by atoms with van der Waals surface area (Å²) in [5, 5.41) is 39.4. The van der Waals surface area contributed by atoms with Gasteiger partial charge < -0.3 is 49.5 Å². The lowest BCUT2D eigenvalue weighted by molar-refractivity contribution is -0.302. The van der Waals surface area contributed by atoms with Crippen LogP contribution in [0.2, 0.25) is 0 Å². The first-order valence-electron chi connectivity index (χ1n) is 19.3. The molecule has 1 saturated heterocycles. The molecule has 5 atom stereocenters. The quantitative estimate of drug-likeness (QED) is 0.116. The number of fused-ring (bicyclic) bond motifs is 8. The Bertz CT molecular complexity index is 2130. The summed E-state index contributed by atoms with van der Waals surface area (Å²) in [6, 6.07) is 6.53. The number of likely N-dealkylation sites (N-methyl/N-ethyl adjacent to an activating group) is 1. The minimum absolute atomic E-state index is 0.119. The molecule has 55 heavy (non-hydrogen) atoms. The maximum absolute atomic E-state index is 10.2. The molecule has 0 aromatic carbocycles. The second kappa shape index (κ2) is 17.4. The van der Waals surface area contributed by atoms with Crippen LogP contribution in [0.15, 0.2) is 24.8 Å². The molecule has 1 fully saturated rings. The van der Waals surface area contributed by atoms with Gasteiger partial charge in [0.15, 0.2) is 6.29 Å². The van der Waals surface area contributed by atoms with Gasteiger partial charge in [0.2, 0.25) is 0 Å². The molecule has 3 aromatic heterocycles. The van der Waals surface area contributed by atoms with Gasteiger partial charge in [0, 0.05) is 39.7 Å². The summed E-state index contributed by atoms with van der Waals surface area (Å²) in [4.78, 5) is 20.0. The Kier molecular flexibility index (Phi) is 12.9. The smallest absolute Gasteiger partial charge is 0.186 e. The number of rotatable bonds is 14. The Hall–Kier alpha value is -3.98. The van der Waals surface area contributed by atoms with Crippen LogP contribution in [0.4, 0.5) is 0 Å². The third-order valence-corrected chi connectivity index (χ3v) is 11.3. The molecular weight excluding hydrogens is 699 g/mol. The topological polar surface area (TPSA) is 169 Å². The van der Waals surface area contributed by atoms with Gasteiger partial charge in [-0.2, -0.15) is 0 Å². The van der Waals surface area contributed by atoms with Crippen LogP contribution >= 0.6 is 0 Å². The van der Waals surface area contributed by atoms with Gasteiger partial charge in [0.05, 0.1) is 49.2 Å². The summed E-state index contributed by atoms with van der Waals surface area (Å²) in [7, 11) is 2.07. The first kappa shape index (κ1) is 40.7. The standard InChI is InChI=1S/C43H57N5O7/c1-9-28-25(5)34-21-37-29(10-2)24(4)33(45-37)20-35-26(6)30(39(47-35)27(7)32-18-23(3)31(44-32)19-36(28)46-34)12-11-13-48(8)14-15-53-16-17-54-43-42(52)41(51)40(50)38(22-49)55-43/h10,18-21,38,40-43,45-46,49-52H,2,9,11-17,22H2,1,3-8H3/t38-,40-,41+,42-,43-/m1/s1. The molecule has 0 spiro atoms. The second-order valence-electron chi connectivity index (χ2n) is 14.9. The highest BCUT2D eigenvalue weighted by Gasteiger charge is 2.44. The van der Waals surface area contributed by atoms with Gasteiger partial charge in [-0.05, 0) is 125 Å².